The van der Waals surface area contributed by atoms with Gasteiger partial charge in [-0.25, -0.2) is 0 Å². The van der Waals surface area contributed by atoms with Gasteiger partial charge in [0, 0.05) is 6.42 Å². The van der Waals surface area contributed by atoms with Gasteiger partial charge in [0.05, 0.1) is 23.5 Å². The van der Waals surface area contributed by atoms with Crippen molar-refractivity contribution in [1.82, 2.24) is 14.9 Å². The molecule has 2 aromatic heterocycles. The summed E-state index contributed by atoms with van der Waals surface area (Å²) in [5.41, 5.74) is 2.16. The Hall–Kier alpha value is -1.82. The molecule has 0 radical (unpaired) electrons. The van der Waals surface area contributed by atoms with Gasteiger partial charge < -0.3 is 9.84 Å². The quantitative estimate of drug-likeness (QED) is 0.935. The number of nitrogens with zero attached hydrogens (tertiary/aromatic N) is 3. The lowest BCUT2D eigenvalue weighted by atomic mass is 10.3. The van der Waals surface area contributed by atoms with Crippen LogP contribution < -0.4 is 5.32 Å². The molecule has 0 unspecified atom stereocenters. The third-order valence-corrected chi connectivity index (χ3v) is 3.26. The van der Waals surface area contributed by atoms with Crippen LogP contribution in [0.4, 0.5) is 5.69 Å². The van der Waals surface area contributed by atoms with Gasteiger partial charge in [-0.05, 0) is 20.8 Å². The van der Waals surface area contributed by atoms with Gasteiger partial charge in [-0.3, -0.25) is 9.48 Å². The second-order valence-electron chi connectivity index (χ2n) is 4.30. The van der Waals surface area contributed by atoms with Gasteiger partial charge in [0.2, 0.25) is 5.91 Å². The molecule has 2 aromatic rings. The van der Waals surface area contributed by atoms with E-state index in [1.54, 1.807) is 24.7 Å². The Bertz CT molecular complexity index is 583. The lowest BCUT2D eigenvalue weighted by molar-refractivity contribution is -0.116. The molecular formula is C12H15ClN4O2. The Morgan fingerprint density at radius 2 is 2.21 bits per heavy atom. The number of aromatic nitrogens is 3. The summed E-state index contributed by atoms with van der Waals surface area (Å²) in [4.78, 5) is 11.9. The minimum absolute atomic E-state index is 0.111. The molecule has 0 fully saturated rings. The molecule has 1 N–H and O–H groups in total. The zero-order chi connectivity index (χ0) is 14.0. The maximum absolute atomic E-state index is 11.9. The zero-order valence-electron chi connectivity index (χ0n) is 11.0. The number of hydrogen-bond donors (Lipinski definition) is 1. The van der Waals surface area contributed by atoms with Gasteiger partial charge in [-0.2, -0.15) is 5.10 Å². The average Bonchev–Trinajstić information content (AvgIpc) is 2.85. The summed E-state index contributed by atoms with van der Waals surface area (Å²) in [7, 11) is 0. The smallest absolute Gasteiger partial charge is 0.226 e. The van der Waals surface area contributed by atoms with Crippen molar-refractivity contribution in [2.75, 3.05) is 5.32 Å². The van der Waals surface area contributed by atoms with Crippen LogP contribution in [-0.4, -0.2) is 20.8 Å². The number of halogens is 1. The fourth-order valence-electron chi connectivity index (χ4n) is 1.72. The van der Waals surface area contributed by atoms with E-state index in [-0.39, 0.29) is 5.91 Å². The first-order valence-electron chi connectivity index (χ1n) is 5.89. The first kappa shape index (κ1) is 13.6. The van der Waals surface area contributed by atoms with Crippen LogP contribution >= 0.6 is 11.6 Å². The Kier molecular flexibility index (Phi) is 3.90. The van der Waals surface area contributed by atoms with E-state index in [0.29, 0.717) is 35.1 Å². The van der Waals surface area contributed by atoms with Gasteiger partial charge in [0.1, 0.15) is 11.4 Å². The second kappa shape index (κ2) is 5.44. The van der Waals surface area contributed by atoms with Gasteiger partial charge in [-0.15, -0.1) is 0 Å². The van der Waals surface area contributed by atoms with E-state index in [9.17, 15) is 4.79 Å². The number of anilines is 1. The molecular weight excluding hydrogens is 268 g/mol. The molecule has 0 aromatic carbocycles. The number of carbonyl (C=O) groups excluding carboxylic acids is 1. The molecule has 0 aliphatic heterocycles. The van der Waals surface area contributed by atoms with Crippen molar-refractivity contribution < 1.29 is 9.32 Å². The predicted octanol–water partition coefficient (Wildman–Crippen LogP) is 2.48. The molecule has 0 spiro atoms. The summed E-state index contributed by atoms with van der Waals surface area (Å²) in [5.74, 6) is 0.490. The number of carbonyl (C=O) groups is 1. The molecule has 0 atom stereocenters. The SMILES string of the molecule is Cc1noc(C)c1NC(=O)CCn1ncc(Cl)c1C. The minimum Gasteiger partial charge on any atom is -0.359 e. The zero-order valence-corrected chi connectivity index (χ0v) is 11.8. The lowest BCUT2D eigenvalue weighted by Crippen LogP contribution is -2.16. The van der Waals surface area contributed by atoms with Crippen molar-refractivity contribution in [2.45, 2.75) is 33.7 Å². The highest BCUT2D eigenvalue weighted by molar-refractivity contribution is 6.31. The molecule has 19 heavy (non-hydrogen) atoms. The molecule has 0 saturated heterocycles. The van der Waals surface area contributed by atoms with Gasteiger partial charge in [0.15, 0.2) is 5.76 Å². The fraction of sp³-hybridized carbons (Fsp3) is 0.417. The molecule has 2 rings (SSSR count). The Morgan fingerprint density at radius 3 is 2.74 bits per heavy atom. The van der Waals surface area contributed by atoms with E-state index < -0.39 is 0 Å². The largest absolute Gasteiger partial charge is 0.359 e. The van der Waals surface area contributed by atoms with Crippen LogP contribution in [0, 0.1) is 20.8 Å². The maximum atomic E-state index is 11.9. The van der Waals surface area contributed by atoms with E-state index in [2.05, 4.69) is 15.6 Å². The molecule has 0 aliphatic carbocycles. The van der Waals surface area contributed by atoms with E-state index in [1.807, 2.05) is 6.92 Å². The lowest BCUT2D eigenvalue weighted by Gasteiger charge is -2.06. The van der Waals surface area contributed by atoms with Crippen molar-refractivity contribution in [3.8, 4) is 0 Å². The predicted molar refractivity (Wildman–Crippen MR) is 71.2 cm³/mol. The van der Waals surface area contributed by atoms with E-state index in [0.717, 1.165) is 5.69 Å². The number of amides is 1. The maximum Gasteiger partial charge on any atom is 0.226 e. The summed E-state index contributed by atoms with van der Waals surface area (Å²) in [6.07, 6.45) is 1.88. The fourth-order valence-corrected chi connectivity index (χ4v) is 1.86. The van der Waals surface area contributed by atoms with Crippen molar-refractivity contribution in [3.05, 3.63) is 28.4 Å². The molecule has 0 aliphatic rings. The number of hydrogen-bond acceptors (Lipinski definition) is 4. The van der Waals surface area contributed by atoms with Crippen LogP contribution in [0.25, 0.3) is 0 Å². The monoisotopic (exact) mass is 282 g/mol. The van der Waals surface area contributed by atoms with Crippen molar-refractivity contribution in [2.24, 2.45) is 0 Å². The third-order valence-electron chi connectivity index (χ3n) is 2.89. The molecule has 0 bridgehead atoms. The first-order valence-corrected chi connectivity index (χ1v) is 6.27. The Morgan fingerprint density at radius 1 is 1.47 bits per heavy atom. The van der Waals surface area contributed by atoms with Crippen molar-refractivity contribution >= 4 is 23.2 Å². The summed E-state index contributed by atoms with van der Waals surface area (Å²) < 4.78 is 6.69. The number of aryl methyl sites for hydroxylation is 3. The van der Waals surface area contributed by atoms with Crippen LogP contribution in [0.5, 0.6) is 0 Å². The van der Waals surface area contributed by atoms with Crippen LogP contribution in [0.15, 0.2) is 10.7 Å². The van der Waals surface area contributed by atoms with Crippen LogP contribution in [0.3, 0.4) is 0 Å². The Balaban J connectivity index is 1.94. The Labute approximate surface area is 115 Å². The molecule has 2 heterocycles. The van der Waals surface area contributed by atoms with Crippen molar-refractivity contribution in [3.63, 3.8) is 0 Å². The summed E-state index contributed by atoms with van der Waals surface area (Å²) in [6.45, 7) is 5.88. The van der Waals surface area contributed by atoms with Gasteiger partial charge in [0.25, 0.3) is 0 Å². The molecule has 6 nitrogen and oxygen atoms in total. The van der Waals surface area contributed by atoms with Crippen LogP contribution in [0.2, 0.25) is 5.02 Å². The van der Waals surface area contributed by atoms with E-state index in [1.165, 1.54) is 0 Å². The first-order chi connectivity index (χ1) is 8.99. The van der Waals surface area contributed by atoms with Crippen molar-refractivity contribution in [1.29, 1.82) is 0 Å². The molecule has 102 valence electrons. The normalized spacial score (nSPS) is 10.7. The van der Waals surface area contributed by atoms with Crippen LogP contribution in [0.1, 0.15) is 23.6 Å². The summed E-state index contributed by atoms with van der Waals surface area (Å²) in [5, 5.41) is 11.3. The minimum atomic E-state index is -0.111. The van der Waals surface area contributed by atoms with E-state index in [4.69, 9.17) is 16.1 Å². The third kappa shape index (κ3) is 2.96. The summed E-state index contributed by atoms with van der Waals surface area (Å²) in [6, 6.07) is 0. The number of nitrogens with one attached hydrogen (secondary N) is 1. The molecule has 7 heteroatoms. The van der Waals surface area contributed by atoms with Crippen LogP contribution in [-0.2, 0) is 11.3 Å². The van der Waals surface area contributed by atoms with Gasteiger partial charge >= 0.3 is 0 Å². The topological polar surface area (TPSA) is 73.0 Å². The second-order valence-corrected chi connectivity index (χ2v) is 4.71. The standard InChI is InChI=1S/C12H15ClN4O2/c1-7-12(9(3)19-16-7)15-11(18)4-5-17-8(2)10(13)6-14-17/h6H,4-5H2,1-3H3,(H,15,18). The number of rotatable bonds is 4. The average molecular weight is 283 g/mol. The summed E-state index contributed by atoms with van der Waals surface area (Å²) >= 11 is 5.90. The highest BCUT2D eigenvalue weighted by atomic mass is 35.5. The molecule has 1 amide bonds. The molecule has 0 saturated carbocycles. The van der Waals surface area contributed by atoms with Gasteiger partial charge in [-0.1, -0.05) is 16.8 Å². The highest BCUT2D eigenvalue weighted by Gasteiger charge is 2.13. The highest BCUT2D eigenvalue weighted by Crippen LogP contribution is 2.19. The van der Waals surface area contributed by atoms with E-state index >= 15 is 0 Å².